The van der Waals surface area contributed by atoms with Crippen LogP contribution in [-0.2, 0) is 24.0 Å². The average molecular weight is 701 g/mol. The van der Waals surface area contributed by atoms with Gasteiger partial charge in [0.1, 0.15) is 6.04 Å². The van der Waals surface area contributed by atoms with Gasteiger partial charge in [0, 0.05) is 62.4 Å². The van der Waals surface area contributed by atoms with Gasteiger partial charge in [-0.05, 0) is 61.7 Å². The van der Waals surface area contributed by atoms with E-state index in [-0.39, 0.29) is 55.7 Å². The van der Waals surface area contributed by atoms with E-state index in [1.165, 1.54) is 17.3 Å². The van der Waals surface area contributed by atoms with Gasteiger partial charge in [0.2, 0.25) is 17.6 Å². The molecule has 5 rings (SSSR count). The van der Waals surface area contributed by atoms with E-state index in [0.29, 0.717) is 12.8 Å². The Morgan fingerprint density at radius 1 is 1.02 bits per heavy atom. The lowest BCUT2D eigenvalue weighted by atomic mass is 9.76. The van der Waals surface area contributed by atoms with Gasteiger partial charge in [-0.15, -0.1) is 0 Å². The van der Waals surface area contributed by atoms with Crippen LogP contribution >= 0.6 is 0 Å². The van der Waals surface area contributed by atoms with E-state index < -0.39 is 82.7 Å². The van der Waals surface area contributed by atoms with Crippen LogP contribution in [0.25, 0.3) is 0 Å². The van der Waals surface area contributed by atoms with Crippen molar-refractivity contribution in [1.82, 2.24) is 20.2 Å². The van der Waals surface area contributed by atoms with Crippen molar-refractivity contribution in [2.45, 2.75) is 136 Å². The van der Waals surface area contributed by atoms with Crippen LogP contribution < -0.4 is 5.32 Å². The Labute approximate surface area is 293 Å². The molecule has 1 unspecified atom stereocenters. The number of carbonyl (C=O) groups excluding carboxylic acids is 6. The first-order valence-corrected chi connectivity index (χ1v) is 18.7. The van der Waals surface area contributed by atoms with Gasteiger partial charge in [-0.25, -0.2) is 13.8 Å². The highest BCUT2D eigenvalue weighted by molar-refractivity contribution is 6.38. The van der Waals surface area contributed by atoms with Crippen molar-refractivity contribution < 1.29 is 37.5 Å². The standard InChI is InChI=1S/C38H54F2N4O6/c1-5-9-24(32(48)29(46)18-22-12-13-22)19-28(45)31-25-14-15-38(39,40)27(25)21-44(31)36(50)33(37(2,3)4)43-35(49)26(23-10-7-6-8-11-23)20-30(47)34-41-16-17-42-34/h16-17,22-27,31,33H,5-15,18-21H2,1-4H3,(H,41,42)(H,43,49)/t24-,25-,26+,27?,31-,33+/m0/s1. The smallest absolute Gasteiger partial charge is 0.253 e. The minimum atomic E-state index is -3.07. The number of carbonyl (C=O) groups is 6. The van der Waals surface area contributed by atoms with Gasteiger partial charge in [-0.1, -0.05) is 53.4 Å². The second-order valence-corrected chi connectivity index (χ2v) is 16.5. The zero-order chi connectivity index (χ0) is 36.4. The number of rotatable bonds is 16. The Morgan fingerprint density at radius 3 is 2.32 bits per heavy atom. The van der Waals surface area contributed by atoms with E-state index in [2.05, 4.69) is 15.3 Å². The third-order valence-corrected chi connectivity index (χ3v) is 11.6. The van der Waals surface area contributed by atoms with Crippen LogP contribution in [0.1, 0.15) is 128 Å². The molecule has 0 spiro atoms. The predicted octanol–water partition coefficient (Wildman–Crippen LogP) is 5.90. The normalized spacial score (nSPS) is 25.4. The van der Waals surface area contributed by atoms with Gasteiger partial charge in [0.25, 0.3) is 5.92 Å². The Bertz CT molecular complexity index is 1430. The van der Waals surface area contributed by atoms with Crippen LogP contribution in [0.3, 0.4) is 0 Å². The summed E-state index contributed by atoms with van der Waals surface area (Å²) in [6.07, 6.45) is 9.53. The number of aromatic amines is 1. The molecular weight excluding hydrogens is 646 g/mol. The number of fused-ring (bicyclic) bond motifs is 1. The van der Waals surface area contributed by atoms with Crippen molar-refractivity contribution in [1.29, 1.82) is 0 Å². The minimum absolute atomic E-state index is 0.0516. The molecular formula is C38H54F2N4O6. The number of H-pyrrole nitrogens is 1. The Morgan fingerprint density at radius 2 is 1.72 bits per heavy atom. The number of Topliss-reactive ketones (excluding diaryl/α,β-unsaturated/α-hetero) is 4. The average Bonchev–Trinajstić information content (AvgIpc) is 3.43. The number of halogens is 2. The second-order valence-electron chi connectivity index (χ2n) is 16.5. The monoisotopic (exact) mass is 700 g/mol. The number of likely N-dealkylation sites (tertiary alicyclic amines) is 1. The number of imidazole rings is 1. The number of amides is 2. The van der Waals surface area contributed by atoms with Crippen LogP contribution in [0, 0.1) is 40.9 Å². The van der Waals surface area contributed by atoms with Gasteiger partial charge in [-0.3, -0.25) is 28.8 Å². The number of aromatic nitrogens is 2. The summed E-state index contributed by atoms with van der Waals surface area (Å²) < 4.78 is 30.5. The maximum atomic E-state index is 15.3. The van der Waals surface area contributed by atoms with Crippen molar-refractivity contribution in [3.63, 3.8) is 0 Å². The lowest BCUT2D eigenvalue weighted by molar-refractivity contribution is -0.146. The molecule has 3 saturated carbocycles. The first-order chi connectivity index (χ1) is 23.6. The number of hydrogen-bond acceptors (Lipinski definition) is 7. The molecule has 6 atom stereocenters. The maximum absolute atomic E-state index is 15.3. The Balaban J connectivity index is 1.39. The zero-order valence-electron chi connectivity index (χ0n) is 30.0. The SMILES string of the molecule is CCC[C@@H](CC(=O)[C@@H]1[C@H]2CCC(F)(F)C2CN1C(=O)[C@@H](NC(=O)[C@H](CC(=O)c1ncc[nH]1)C1CCCCC1)C(C)(C)C)C(=O)C(=O)CC1CC1. The molecule has 50 heavy (non-hydrogen) atoms. The fourth-order valence-corrected chi connectivity index (χ4v) is 8.64. The lowest BCUT2D eigenvalue weighted by Crippen LogP contribution is -2.58. The molecule has 1 aromatic rings. The van der Waals surface area contributed by atoms with Crippen LogP contribution in [-0.4, -0.2) is 74.4 Å². The number of alkyl halides is 2. The third kappa shape index (κ3) is 8.58. The molecule has 0 bridgehead atoms. The van der Waals surface area contributed by atoms with Gasteiger partial charge in [-0.2, -0.15) is 0 Å². The van der Waals surface area contributed by atoms with Crippen LogP contribution in [0.2, 0.25) is 0 Å². The summed E-state index contributed by atoms with van der Waals surface area (Å²) in [5.74, 6) is -9.36. The largest absolute Gasteiger partial charge is 0.344 e. The minimum Gasteiger partial charge on any atom is -0.344 e. The Kier molecular flexibility index (Phi) is 11.8. The summed E-state index contributed by atoms with van der Waals surface area (Å²) in [5.41, 5.74) is -0.876. The van der Waals surface area contributed by atoms with Crippen molar-refractivity contribution in [3.8, 4) is 0 Å². The van der Waals surface area contributed by atoms with Crippen LogP contribution in [0.15, 0.2) is 12.4 Å². The second kappa shape index (κ2) is 15.5. The van der Waals surface area contributed by atoms with Crippen LogP contribution in [0.5, 0.6) is 0 Å². The van der Waals surface area contributed by atoms with Crippen molar-refractivity contribution in [2.75, 3.05) is 6.54 Å². The summed E-state index contributed by atoms with van der Waals surface area (Å²) in [6, 6.07) is -2.36. The van der Waals surface area contributed by atoms with Crippen molar-refractivity contribution in [2.24, 2.45) is 40.9 Å². The summed E-state index contributed by atoms with van der Waals surface area (Å²) in [7, 11) is 0. The van der Waals surface area contributed by atoms with Crippen molar-refractivity contribution >= 4 is 34.9 Å². The zero-order valence-corrected chi connectivity index (χ0v) is 30.0. The number of hydrogen-bond donors (Lipinski definition) is 2. The first-order valence-electron chi connectivity index (χ1n) is 18.7. The molecule has 2 amide bonds. The van der Waals surface area contributed by atoms with E-state index in [4.69, 9.17) is 0 Å². The molecule has 1 aliphatic heterocycles. The molecule has 2 N–H and O–H groups in total. The summed E-state index contributed by atoms with van der Waals surface area (Å²) >= 11 is 0. The molecule has 12 heteroatoms. The van der Waals surface area contributed by atoms with Crippen LogP contribution in [0.4, 0.5) is 8.78 Å². The number of ketones is 4. The quantitative estimate of drug-likeness (QED) is 0.161. The van der Waals surface area contributed by atoms with Gasteiger partial charge < -0.3 is 15.2 Å². The fourth-order valence-electron chi connectivity index (χ4n) is 8.64. The van der Waals surface area contributed by atoms with Crippen molar-refractivity contribution in [3.05, 3.63) is 18.2 Å². The predicted molar refractivity (Wildman–Crippen MR) is 181 cm³/mol. The highest BCUT2D eigenvalue weighted by Gasteiger charge is 2.61. The van der Waals surface area contributed by atoms with Gasteiger partial charge in [0.05, 0.1) is 6.04 Å². The molecule has 10 nitrogen and oxygen atoms in total. The summed E-state index contributed by atoms with van der Waals surface area (Å²) in [5, 5.41) is 2.94. The van der Waals surface area contributed by atoms with E-state index in [1.54, 1.807) is 20.8 Å². The molecule has 1 saturated heterocycles. The molecule has 2 heterocycles. The lowest BCUT2D eigenvalue weighted by Gasteiger charge is -2.38. The molecule has 3 aliphatic carbocycles. The number of nitrogens with one attached hydrogen (secondary N) is 2. The highest BCUT2D eigenvalue weighted by Crippen LogP contribution is 2.52. The molecule has 4 fully saturated rings. The molecule has 276 valence electrons. The molecule has 1 aromatic heterocycles. The highest BCUT2D eigenvalue weighted by atomic mass is 19.3. The Hall–Kier alpha value is -3.31. The van der Waals surface area contributed by atoms with Gasteiger partial charge in [0.15, 0.2) is 23.2 Å². The van der Waals surface area contributed by atoms with E-state index in [0.717, 1.165) is 44.9 Å². The molecule has 0 aromatic carbocycles. The van der Waals surface area contributed by atoms with E-state index >= 15 is 8.78 Å². The fraction of sp³-hybridized carbons (Fsp3) is 0.763. The summed E-state index contributed by atoms with van der Waals surface area (Å²) in [6.45, 7) is 6.81. The summed E-state index contributed by atoms with van der Waals surface area (Å²) in [4.78, 5) is 90.1. The first kappa shape index (κ1) is 37.9. The third-order valence-electron chi connectivity index (χ3n) is 11.6. The topological polar surface area (TPSA) is 146 Å². The van der Waals surface area contributed by atoms with E-state index in [9.17, 15) is 28.8 Å². The molecule has 4 aliphatic rings. The maximum Gasteiger partial charge on any atom is 0.253 e. The van der Waals surface area contributed by atoms with Gasteiger partial charge >= 0.3 is 0 Å². The number of nitrogens with zero attached hydrogens (tertiary/aromatic N) is 2. The van der Waals surface area contributed by atoms with E-state index in [1.807, 2.05) is 6.92 Å². The molecule has 0 radical (unpaired) electrons.